The smallest absolute Gasteiger partial charge is 0.308 e. The highest BCUT2D eigenvalue weighted by molar-refractivity contribution is 6.00. The molecule has 1 aromatic rings. The topological polar surface area (TPSA) is 66.9 Å². The average Bonchev–Trinajstić information content (AvgIpc) is 2.90. The van der Waals surface area contributed by atoms with E-state index in [0.29, 0.717) is 38.0 Å². The Labute approximate surface area is 135 Å². The Morgan fingerprint density at radius 1 is 1.22 bits per heavy atom. The third-order valence-corrected chi connectivity index (χ3v) is 4.60. The van der Waals surface area contributed by atoms with E-state index >= 15 is 0 Å². The van der Waals surface area contributed by atoms with E-state index in [9.17, 15) is 14.4 Å². The Morgan fingerprint density at radius 2 is 1.91 bits per heavy atom. The minimum atomic E-state index is -0.206. The van der Waals surface area contributed by atoms with Gasteiger partial charge in [-0.05, 0) is 24.5 Å². The second-order valence-electron chi connectivity index (χ2n) is 6.00. The quantitative estimate of drug-likeness (QED) is 0.782. The van der Waals surface area contributed by atoms with Gasteiger partial charge in [0.1, 0.15) is 6.54 Å². The van der Waals surface area contributed by atoms with E-state index < -0.39 is 0 Å². The van der Waals surface area contributed by atoms with Crippen molar-refractivity contribution in [3.63, 3.8) is 0 Å². The SMILES string of the molecule is COC(=O)C1CCN(C(=O)CN2Cc3ccccc3C2=O)CC1. The van der Waals surface area contributed by atoms with Crippen molar-refractivity contribution in [1.82, 2.24) is 9.80 Å². The molecule has 2 aliphatic heterocycles. The van der Waals surface area contributed by atoms with E-state index in [-0.39, 0.29) is 30.2 Å². The molecule has 0 saturated carbocycles. The summed E-state index contributed by atoms with van der Waals surface area (Å²) < 4.78 is 4.75. The van der Waals surface area contributed by atoms with Crippen LogP contribution >= 0.6 is 0 Å². The summed E-state index contributed by atoms with van der Waals surface area (Å²) in [6.07, 6.45) is 1.24. The molecular formula is C17H20N2O4. The Kier molecular flexibility index (Phi) is 4.32. The van der Waals surface area contributed by atoms with E-state index in [2.05, 4.69) is 0 Å². The second kappa shape index (κ2) is 6.40. The predicted octanol–water partition coefficient (Wildman–Crippen LogP) is 1.05. The summed E-state index contributed by atoms with van der Waals surface area (Å²) in [5, 5.41) is 0. The van der Waals surface area contributed by atoms with Gasteiger partial charge in [0.2, 0.25) is 5.91 Å². The van der Waals surface area contributed by atoms with Crippen LogP contribution in [0, 0.1) is 5.92 Å². The number of amides is 2. The predicted molar refractivity (Wildman–Crippen MR) is 82.5 cm³/mol. The van der Waals surface area contributed by atoms with Gasteiger partial charge >= 0.3 is 5.97 Å². The van der Waals surface area contributed by atoms with E-state index in [1.165, 1.54) is 7.11 Å². The normalized spacial score (nSPS) is 18.0. The molecule has 0 atom stereocenters. The van der Waals surface area contributed by atoms with Crippen LogP contribution in [0.25, 0.3) is 0 Å². The van der Waals surface area contributed by atoms with Crippen molar-refractivity contribution in [3.8, 4) is 0 Å². The number of hydrogen-bond donors (Lipinski definition) is 0. The number of ether oxygens (including phenoxy) is 1. The molecule has 0 unspecified atom stereocenters. The number of rotatable bonds is 3. The molecule has 0 radical (unpaired) electrons. The standard InChI is InChI=1S/C17H20N2O4/c1-23-17(22)12-6-8-18(9-7-12)15(20)11-19-10-13-4-2-3-5-14(13)16(19)21/h2-5,12H,6-11H2,1H3. The third kappa shape index (κ3) is 3.06. The molecule has 2 aliphatic rings. The van der Waals surface area contributed by atoms with Crippen molar-refractivity contribution in [2.45, 2.75) is 19.4 Å². The van der Waals surface area contributed by atoms with Crippen molar-refractivity contribution in [2.75, 3.05) is 26.7 Å². The minimum absolute atomic E-state index is 0.0607. The van der Waals surface area contributed by atoms with Gasteiger partial charge in [-0.1, -0.05) is 18.2 Å². The largest absolute Gasteiger partial charge is 0.469 e. The number of carbonyl (C=O) groups excluding carboxylic acids is 3. The number of nitrogens with zero attached hydrogens (tertiary/aromatic N) is 2. The van der Waals surface area contributed by atoms with Crippen molar-refractivity contribution < 1.29 is 19.1 Å². The summed E-state index contributed by atoms with van der Waals surface area (Å²) in [7, 11) is 1.39. The number of likely N-dealkylation sites (tertiary alicyclic amines) is 1. The van der Waals surface area contributed by atoms with Crippen LogP contribution in [0.2, 0.25) is 0 Å². The van der Waals surface area contributed by atoms with Crippen LogP contribution in [-0.2, 0) is 20.9 Å². The van der Waals surface area contributed by atoms with Gasteiger partial charge in [0.15, 0.2) is 0 Å². The number of benzene rings is 1. The summed E-state index contributed by atoms with van der Waals surface area (Å²) in [6.45, 7) is 1.65. The Hall–Kier alpha value is -2.37. The zero-order valence-corrected chi connectivity index (χ0v) is 13.2. The maximum absolute atomic E-state index is 12.4. The number of carbonyl (C=O) groups is 3. The zero-order chi connectivity index (χ0) is 16.4. The van der Waals surface area contributed by atoms with Crippen molar-refractivity contribution in [1.29, 1.82) is 0 Å². The lowest BCUT2D eigenvalue weighted by molar-refractivity contribution is -0.149. The van der Waals surface area contributed by atoms with Crippen LogP contribution in [0.5, 0.6) is 0 Å². The molecule has 122 valence electrons. The molecular weight excluding hydrogens is 296 g/mol. The van der Waals surface area contributed by atoms with Crippen LogP contribution in [0.15, 0.2) is 24.3 Å². The van der Waals surface area contributed by atoms with Gasteiger partial charge in [-0.15, -0.1) is 0 Å². The zero-order valence-electron chi connectivity index (χ0n) is 13.2. The summed E-state index contributed by atoms with van der Waals surface area (Å²) in [5.74, 6) is -0.475. The van der Waals surface area contributed by atoms with Crippen molar-refractivity contribution in [3.05, 3.63) is 35.4 Å². The monoisotopic (exact) mass is 316 g/mol. The van der Waals surface area contributed by atoms with E-state index in [1.807, 2.05) is 18.2 Å². The van der Waals surface area contributed by atoms with Gasteiger partial charge in [-0.2, -0.15) is 0 Å². The molecule has 1 fully saturated rings. The van der Waals surface area contributed by atoms with Crippen molar-refractivity contribution in [2.24, 2.45) is 5.92 Å². The number of esters is 1. The van der Waals surface area contributed by atoms with Gasteiger partial charge in [0, 0.05) is 25.2 Å². The molecule has 23 heavy (non-hydrogen) atoms. The highest BCUT2D eigenvalue weighted by atomic mass is 16.5. The van der Waals surface area contributed by atoms with Crippen LogP contribution in [0.4, 0.5) is 0 Å². The van der Waals surface area contributed by atoms with E-state index in [4.69, 9.17) is 4.74 Å². The van der Waals surface area contributed by atoms with Gasteiger partial charge < -0.3 is 14.5 Å². The molecule has 6 nitrogen and oxygen atoms in total. The molecule has 0 aliphatic carbocycles. The molecule has 0 spiro atoms. The van der Waals surface area contributed by atoms with Crippen LogP contribution < -0.4 is 0 Å². The fraction of sp³-hybridized carbons (Fsp3) is 0.471. The Balaban J connectivity index is 1.55. The molecule has 0 N–H and O–H groups in total. The number of hydrogen-bond acceptors (Lipinski definition) is 4. The lowest BCUT2D eigenvalue weighted by Crippen LogP contribution is -2.45. The minimum Gasteiger partial charge on any atom is -0.469 e. The lowest BCUT2D eigenvalue weighted by atomic mass is 9.97. The summed E-state index contributed by atoms with van der Waals surface area (Å²) in [4.78, 5) is 39.5. The average molecular weight is 316 g/mol. The summed E-state index contributed by atoms with van der Waals surface area (Å²) in [6, 6.07) is 7.44. The van der Waals surface area contributed by atoms with Crippen LogP contribution in [0.3, 0.4) is 0 Å². The first kappa shape index (κ1) is 15.5. The van der Waals surface area contributed by atoms with Crippen LogP contribution in [-0.4, -0.2) is 54.3 Å². The maximum atomic E-state index is 12.4. The third-order valence-electron chi connectivity index (χ3n) is 4.60. The lowest BCUT2D eigenvalue weighted by Gasteiger charge is -2.31. The number of piperidine rings is 1. The molecule has 6 heteroatoms. The first-order chi connectivity index (χ1) is 11.1. The fourth-order valence-corrected chi connectivity index (χ4v) is 3.24. The van der Waals surface area contributed by atoms with Gasteiger partial charge in [0.25, 0.3) is 5.91 Å². The van der Waals surface area contributed by atoms with Crippen LogP contribution in [0.1, 0.15) is 28.8 Å². The first-order valence-electron chi connectivity index (χ1n) is 7.83. The molecule has 1 saturated heterocycles. The molecule has 3 rings (SSSR count). The van der Waals surface area contributed by atoms with Crippen molar-refractivity contribution >= 4 is 17.8 Å². The molecule has 2 heterocycles. The molecule has 0 bridgehead atoms. The summed E-state index contributed by atoms with van der Waals surface area (Å²) in [5.41, 5.74) is 1.65. The molecule has 2 amide bonds. The second-order valence-corrected chi connectivity index (χ2v) is 6.00. The Bertz CT molecular complexity index is 635. The first-order valence-corrected chi connectivity index (χ1v) is 7.83. The fourth-order valence-electron chi connectivity index (χ4n) is 3.24. The highest BCUT2D eigenvalue weighted by Gasteiger charge is 2.32. The highest BCUT2D eigenvalue weighted by Crippen LogP contribution is 2.23. The maximum Gasteiger partial charge on any atom is 0.308 e. The van der Waals surface area contributed by atoms with E-state index in [1.54, 1.807) is 15.9 Å². The molecule has 1 aromatic carbocycles. The number of methoxy groups -OCH3 is 1. The summed E-state index contributed by atoms with van der Waals surface area (Å²) >= 11 is 0. The van der Waals surface area contributed by atoms with E-state index in [0.717, 1.165) is 5.56 Å². The van der Waals surface area contributed by atoms with Gasteiger partial charge in [-0.25, -0.2) is 0 Å². The Morgan fingerprint density at radius 3 is 2.57 bits per heavy atom. The van der Waals surface area contributed by atoms with Gasteiger partial charge in [-0.3, -0.25) is 14.4 Å². The number of fused-ring (bicyclic) bond motifs is 1. The van der Waals surface area contributed by atoms with Gasteiger partial charge in [0.05, 0.1) is 13.0 Å². The molecule has 0 aromatic heterocycles.